The van der Waals surface area contributed by atoms with E-state index in [0.717, 1.165) is 6.07 Å². The molecule has 0 aromatic heterocycles. The van der Waals surface area contributed by atoms with Crippen LogP contribution in [0.1, 0.15) is 39.6 Å². The van der Waals surface area contributed by atoms with Gasteiger partial charge in [0.2, 0.25) is 0 Å². The van der Waals surface area contributed by atoms with Gasteiger partial charge in [-0.3, -0.25) is 9.59 Å². The maximum absolute atomic E-state index is 11.6. The number of carbonyl (C=O) groups excluding carboxylic acids is 2. The maximum Gasteiger partial charge on any atom is 0.191 e. The zero-order valence-corrected chi connectivity index (χ0v) is 9.23. The van der Waals surface area contributed by atoms with Crippen LogP contribution in [0.4, 0.5) is 0 Å². The van der Waals surface area contributed by atoms with Crippen LogP contribution in [0.3, 0.4) is 0 Å². The first kappa shape index (κ1) is 11.6. The number of rotatable bonds is 1. The smallest absolute Gasteiger partial charge is 0.191 e. The fraction of sp³-hybridized carbons (Fsp3) is 0.333. The molecule has 90 valence electrons. The lowest BCUT2D eigenvalue weighted by molar-refractivity contribution is 0.0710. The molecule has 0 fully saturated rings. The van der Waals surface area contributed by atoms with E-state index in [1.165, 1.54) is 6.92 Å². The lowest BCUT2D eigenvalue weighted by Crippen LogP contribution is -2.27. The number of hydrogen-bond acceptors (Lipinski definition) is 5. The summed E-state index contributed by atoms with van der Waals surface area (Å²) in [4.78, 5) is 22.9. The predicted molar refractivity (Wildman–Crippen MR) is 58.4 cm³/mol. The van der Waals surface area contributed by atoms with Gasteiger partial charge in [-0.2, -0.15) is 0 Å². The molecule has 0 aliphatic heterocycles. The molecule has 0 radical (unpaired) electrons. The molecule has 2 rings (SSSR count). The third-order valence-corrected chi connectivity index (χ3v) is 2.97. The van der Waals surface area contributed by atoms with Gasteiger partial charge in [-0.05, 0) is 25.8 Å². The second kappa shape index (κ2) is 3.85. The number of phenolic OH excluding ortho intramolecular Hbond substituents is 2. The summed E-state index contributed by atoms with van der Waals surface area (Å²) in [5.41, 5.74) is 0.236. The van der Waals surface area contributed by atoms with Crippen LogP contribution in [0.25, 0.3) is 0 Å². The number of aliphatic hydroxyl groups excluding tert-OH is 1. The quantitative estimate of drug-likeness (QED) is 0.626. The average molecular weight is 236 g/mol. The molecule has 0 heterocycles. The summed E-state index contributed by atoms with van der Waals surface area (Å²) < 4.78 is 0. The van der Waals surface area contributed by atoms with Crippen LogP contribution in [-0.4, -0.2) is 33.0 Å². The maximum atomic E-state index is 11.6. The molecule has 0 bridgehead atoms. The Balaban J connectivity index is 2.69. The van der Waals surface area contributed by atoms with Gasteiger partial charge >= 0.3 is 0 Å². The van der Waals surface area contributed by atoms with E-state index >= 15 is 0 Å². The van der Waals surface area contributed by atoms with E-state index in [4.69, 9.17) is 0 Å². The molecule has 0 saturated heterocycles. The molecule has 0 spiro atoms. The third-order valence-electron chi connectivity index (χ3n) is 2.97. The Labute approximate surface area is 97.3 Å². The number of phenols is 2. The van der Waals surface area contributed by atoms with Crippen LogP contribution in [0.15, 0.2) is 6.07 Å². The molecule has 1 aliphatic carbocycles. The fourth-order valence-electron chi connectivity index (χ4n) is 2.11. The van der Waals surface area contributed by atoms with Gasteiger partial charge in [-0.1, -0.05) is 0 Å². The molecule has 1 unspecified atom stereocenters. The third kappa shape index (κ3) is 1.68. The molecule has 1 aromatic rings. The molecule has 5 nitrogen and oxygen atoms in total. The first-order chi connectivity index (χ1) is 7.93. The largest absolute Gasteiger partial charge is 0.507 e. The van der Waals surface area contributed by atoms with Gasteiger partial charge in [-0.25, -0.2) is 0 Å². The summed E-state index contributed by atoms with van der Waals surface area (Å²) in [6, 6.07) is 1.14. The van der Waals surface area contributed by atoms with Crippen molar-refractivity contribution in [3.63, 3.8) is 0 Å². The summed E-state index contributed by atoms with van der Waals surface area (Å²) in [7, 11) is 0. The van der Waals surface area contributed by atoms with Crippen LogP contribution in [0.5, 0.6) is 11.5 Å². The predicted octanol–water partition coefficient (Wildman–Crippen LogP) is 0.790. The molecule has 5 heteroatoms. The normalized spacial score (nSPS) is 18.9. The van der Waals surface area contributed by atoms with Gasteiger partial charge in [0.05, 0.1) is 0 Å². The van der Waals surface area contributed by atoms with E-state index in [0.29, 0.717) is 12.0 Å². The minimum Gasteiger partial charge on any atom is -0.507 e. The van der Waals surface area contributed by atoms with E-state index in [9.17, 15) is 24.9 Å². The summed E-state index contributed by atoms with van der Waals surface area (Å²) >= 11 is 0. The van der Waals surface area contributed by atoms with E-state index in [-0.39, 0.29) is 23.3 Å². The van der Waals surface area contributed by atoms with Crippen LogP contribution in [0.2, 0.25) is 0 Å². The average Bonchev–Trinajstić information content (AvgIpc) is 2.23. The van der Waals surface area contributed by atoms with Crippen molar-refractivity contribution < 1.29 is 24.9 Å². The number of benzene rings is 1. The second-order valence-electron chi connectivity index (χ2n) is 4.12. The number of ketones is 2. The van der Waals surface area contributed by atoms with Crippen molar-refractivity contribution in [1.29, 1.82) is 0 Å². The highest BCUT2D eigenvalue weighted by atomic mass is 16.3. The van der Waals surface area contributed by atoms with E-state index in [1.54, 1.807) is 0 Å². The van der Waals surface area contributed by atoms with Crippen molar-refractivity contribution in [3.05, 3.63) is 22.8 Å². The van der Waals surface area contributed by atoms with E-state index < -0.39 is 23.4 Å². The summed E-state index contributed by atoms with van der Waals surface area (Å²) in [5.74, 6) is -1.79. The van der Waals surface area contributed by atoms with E-state index in [1.807, 2.05) is 0 Å². The van der Waals surface area contributed by atoms with Crippen LogP contribution >= 0.6 is 0 Å². The molecule has 0 saturated carbocycles. The van der Waals surface area contributed by atoms with Crippen molar-refractivity contribution >= 4 is 11.6 Å². The van der Waals surface area contributed by atoms with E-state index in [2.05, 4.69) is 0 Å². The molecule has 1 aromatic carbocycles. The Bertz CT molecular complexity index is 518. The van der Waals surface area contributed by atoms with Gasteiger partial charge in [0.1, 0.15) is 23.2 Å². The van der Waals surface area contributed by atoms with Gasteiger partial charge in [0, 0.05) is 11.1 Å². The Hall–Kier alpha value is -1.88. The Morgan fingerprint density at radius 2 is 2.06 bits per heavy atom. The van der Waals surface area contributed by atoms with Crippen molar-refractivity contribution in [1.82, 2.24) is 0 Å². The number of hydrogen-bond donors (Lipinski definition) is 3. The topological polar surface area (TPSA) is 94.8 Å². The first-order valence-electron chi connectivity index (χ1n) is 5.24. The standard InChI is InChI=1S/C12H12O5/c1-5(13)10-9(15)4-7-6(12(10)17)2-3-8(14)11(7)16/h4,8,14-15,17H,2-3H2,1H3. The Morgan fingerprint density at radius 3 is 2.65 bits per heavy atom. The number of carbonyl (C=O) groups is 2. The van der Waals surface area contributed by atoms with Gasteiger partial charge in [-0.15, -0.1) is 0 Å². The van der Waals surface area contributed by atoms with Gasteiger partial charge in [0.15, 0.2) is 11.6 Å². The summed E-state index contributed by atoms with van der Waals surface area (Å²) in [5, 5.41) is 28.9. The Morgan fingerprint density at radius 1 is 1.41 bits per heavy atom. The molecule has 1 atom stereocenters. The molecule has 3 N–H and O–H groups in total. The van der Waals surface area contributed by atoms with Crippen molar-refractivity contribution in [2.75, 3.05) is 0 Å². The minimum absolute atomic E-state index is 0.0868. The SMILES string of the molecule is CC(=O)c1c(O)cc2c(c1O)CCC(O)C2=O. The summed E-state index contributed by atoms with van der Waals surface area (Å²) in [6.07, 6.45) is -0.597. The second-order valence-corrected chi connectivity index (χ2v) is 4.12. The number of aromatic hydroxyl groups is 2. The lowest BCUT2D eigenvalue weighted by Gasteiger charge is -2.21. The van der Waals surface area contributed by atoms with Crippen molar-refractivity contribution in [2.45, 2.75) is 25.9 Å². The number of aliphatic hydroxyl groups is 1. The zero-order chi connectivity index (χ0) is 12.7. The molecular weight excluding hydrogens is 224 g/mol. The minimum atomic E-state index is -1.11. The number of Topliss-reactive ketones (excluding diaryl/α,β-unsaturated/α-hetero) is 2. The highest BCUT2D eigenvalue weighted by molar-refractivity contribution is 6.06. The molecule has 1 aliphatic rings. The monoisotopic (exact) mass is 236 g/mol. The van der Waals surface area contributed by atoms with Crippen molar-refractivity contribution in [3.8, 4) is 11.5 Å². The molecule has 0 amide bonds. The molecule has 17 heavy (non-hydrogen) atoms. The van der Waals surface area contributed by atoms with Gasteiger partial charge in [0.25, 0.3) is 0 Å². The highest BCUT2D eigenvalue weighted by Gasteiger charge is 2.30. The van der Waals surface area contributed by atoms with Crippen LogP contribution < -0.4 is 0 Å². The van der Waals surface area contributed by atoms with Crippen LogP contribution in [0, 0.1) is 0 Å². The zero-order valence-electron chi connectivity index (χ0n) is 9.23. The van der Waals surface area contributed by atoms with Crippen molar-refractivity contribution in [2.24, 2.45) is 0 Å². The number of fused-ring (bicyclic) bond motifs is 1. The lowest BCUT2D eigenvalue weighted by atomic mass is 9.86. The first-order valence-corrected chi connectivity index (χ1v) is 5.24. The highest BCUT2D eigenvalue weighted by Crippen LogP contribution is 2.37. The molecular formula is C12H12O5. The Kier molecular flexibility index (Phi) is 2.63. The fourth-order valence-corrected chi connectivity index (χ4v) is 2.11. The van der Waals surface area contributed by atoms with Crippen LogP contribution in [-0.2, 0) is 6.42 Å². The summed E-state index contributed by atoms with van der Waals surface area (Å²) in [6.45, 7) is 1.22. The van der Waals surface area contributed by atoms with Gasteiger partial charge < -0.3 is 15.3 Å².